The number of carboxylic acids is 1. The highest BCUT2D eigenvalue weighted by Crippen LogP contribution is 2.37. The Labute approximate surface area is 166 Å². The highest BCUT2D eigenvalue weighted by atomic mass is 35.5. The highest BCUT2D eigenvalue weighted by Gasteiger charge is 2.44. The molecule has 3 rings (SSSR count). The van der Waals surface area contributed by atoms with Gasteiger partial charge in [0.2, 0.25) is 5.69 Å². The van der Waals surface area contributed by atoms with Crippen LogP contribution in [0, 0.1) is 0 Å². The van der Waals surface area contributed by atoms with Gasteiger partial charge in [-0.15, -0.1) is 35.0 Å². The van der Waals surface area contributed by atoms with Crippen LogP contribution in [0.4, 0.5) is 13.2 Å². The van der Waals surface area contributed by atoms with Crippen LogP contribution in [0.25, 0.3) is 5.57 Å². The van der Waals surface area contributed by atoms with E-state index < -0.39 is 23.3 Å². The summed E-state index contributed by atoms with van der Waals surface area (Å²) in [7, 11) is 0. The molecule has 0 saturated carbocycles. The van der Waals surface area contributed by atoms with Crippen molar-refractivity contribution in [3.63, 3.8) is 0 Å². The average Bonchev–Trinajstić information content (AvgIpc) is 3.05. The average molecular weight is 432 g/mol. The molecule has 1 aromatic carbocycles. The molecule has 1 heterocycles. The largest absolute Gasteiger partial charge is 0.523 e. The summed E-state index contributed by atoms with van der Waals surface area (Å²) in [6.45, 7) is 1.26. The Kier molecular flexibility index (Phi) is 5.55. The summed E-state index contributed by atoms with van der Waals surface area (Å²) in [4.78, 5) is 11.8. The van der Waals surface area contributed by atoms with E-state index in [0.29, 0.717) is 10.5 Å². The van der Waals surface area contributed by atoms with Crippen LogP contribution >= 0.6 is 23.4 Å². The Balaban J connectivity index is 1.75. The van der Waals surface area contributed by atoms with Crippen molar-refractivity contribution in [2.24, 2.45) is 0 Å². The van der Waals surface area contributed by atoms with E-state index in [9.17, 15) is 18.0 Å². The lowest BCUT2D eigenvalue weighted by molar-refractivity contribution is -0.354. The SMILES string of the molecule is CC1(OC(F)(F)F)C=CC(c2ccc(Sc3n[nH]nc3C(=O)O)cc2)=CC1Cl. The minimum atomic E-state index is -4.80. The van der Waals surface area contributed by atoms with Gasteiger partial charge in [0.25, 0.3) is 0 Å². The van der Waals surface area contributed by atoms with Gasteiger partial charge in [0.1, 0.15) is 5.60 Å². The number of carbonyl (C=O) groups is 1. The molecule has 1 aliphatic rings. The van der Waals surface area contributed by atoms with Crippen molar-refractivity contribution in [2.75, 3.05) is 0 Å². The van der Waals surface area contributed by atoms with Gasteiger partial charge in [-0.05, 0) is 30.2 Å². The fraction of sp³-hybridized carbons (Fsp3) is 0.235. The number of nitrogens with one attached hydrogen (secondary N) is 1. The van der Waals surface area contributed by atoms with Gasteiger partial charge in [0.15, 0.2) is 5.03 Å². The Morgan fingerprint density at radius 2 is 2.00 bits per heavy atom. The fourth-order valence-electron chi connectivity index (χ4n) is 2.52. The van der Waals surface area contributed by atoms with Crippen LogP contribution in [0.1, 0.15) is 23.0 Å². The van der Waals surface area contributed by atoms with Crippen LogP contribution in [-0.2, 0) is 4.74 Å². The summed E-state index contributed by atoms with van der Waals surface area (Å²) < 4.78 is 41.9. The predicted molar refractivity (Wildman–Crippen MR) is 96.2 cm³/mol. The number of aromatic carboxylic acids is 1. The molecule has 0 fully saturated rings. The molecular formula is C17H13ClF3N3O3S. The zero-order valence-corrected chi connectivity index (χ0v) is 15.8. The van der Waals surface area contributed by atoms with E-state index in [2.05, 4.69) is 20.1 Å². The quantitative estimate of drug-likeness (QED) is 0.677. The maximum Gasteiger partial charge on any atom is 0.523 e. The number of hydrogen-bond acceptors (Lipinski definition) is 5. The molecule has 2 atom stereocenters. The second-order valence-electron chi connectivity index (χ2n) is 6.00. The first-order valence-corrected chi connectivity index (χ1v) is 9.07. The smallest absolute Gasteiger partial charge is 0.476 e. The van der Waals surface area contributed by atoms with Crippen LogP contribution < -0.4 is 0 Å². The number of rotatable bonds is 5. The third-order valence-electron chi connectivity index (χ3n) is 3.92. The third-order valence-corrected chi connectivity index (χ3v) is 5.47. The fourth-order valence-corrected chi connectivity index (χ4v) is 3.58. The number of carboxylic acid groups (broad SMARTS) is 1. The summed E-state index contributed by atoms with van der Waals surface area (Å²) in [6.07, 6.45) is -0.500. The zero-order valence-electron chi connectivity index (χ0n) is 14.2. The van der Waals surface area contributed by atoms with Crippen molar-refractivity contribution in [2.45, 2.75) is 34.2 Å². The van der Waals surface area contributed by atoms with Gasteiger partial charge < -0.3 is 5.11 Å². The number of H-pyrrole nitrogens is 1. The molecule has 0 aliphatic heterocycles. The molecule has 1 aliphatic carbocycles. The van der Waals surface area contributed by atoms with Crippen LogP contribution in [0.2, 0.25) is 0 Å². The van der Waals surface area contributed by atoms with Gasteiger partial charge in [-0.25, -0.2) is 4.79 Å². The number of halogens is 4. The summed E-state index contributed by atoms with van der Waals surface area (Å²) in [6, 6.07) is 6.96. The molecule has 2 unspecified atom stereocenters. The lowest BCUT2D eigenvalue weighted by atomic mass is 9.90. The molecule has 0 bridgehead atoms. The normalized spacial score (nSPS) is 22.2. The second-order valence-corrected chi connectivity index (χ2v) is 7.53. The summed E-state index contributed by atoms with van der Waals surface area (Å²) >= 11 is 7.23. The molecule has 148 valence electrons. The summed E-state index contributed by atoms with van der Waals surface area (Å²) in [5, 5.41) is 17.9. The van der Waals surface area contributed by atoms with Gasteiger partial charge in [-0.2, -0.15) is 5.21 Å². The van der Waals surface area contributed by atoms with Crippen LogP contribution in [-0.4, -0.2) is 43.8 Å². The van der Waals surface area contributed by atoms with E-state index in [-0.39, 0.29) is 10.7 Å². The number of benzene rings is 1. The zero-order chi connectivity index (χ0) is 20.5. The lowest BCUT2D eigenvalue weighted by Gasteiger charge is -2.33. The van der Waals surface area contributed by atoms with Crippen molar-refractivity contribution >= 4 is 34.9 Å². The van der Waals surface area contributed by atoms with Crippen LogP contribution in [0.3, 0.4) is 0 Å². The van der Waals surface area contributed by atoms with E-state index in [4.69, 9.17) is 16.7 Å². The standard InChI is InChI=1S/C17H13ClF3N3O3S/c1-16(27-17(19,20)21)7-6-10(8-12(16)18)9-2-4-11(5-3-9)28-14-13(15(25)26)22-24-23-14/h2-8,12H,1H3,(H,25,26)(H,22,23,24). The number of aromatic nitrogens is 3. The van der Waals surface area contributed by atoms with Gasteiger partial charge in [0.05, 0.1) is 5.38 Å². The summed E-state index contributed by atoms with van der Waals surface area (Å²) in [5.41, 5.74) is -0.494. The van der Waals surface area contributed by atoms with E-state index in [1.165, 1.54) is 25.2 Å². The molecule has 0 amide bonds. The second kappa shape index (κ2) is 7.61. The van der Waals surface area contributed by atoms with Crippen LogP contribution in [0.15, 0.2) is 52.4 Å². The van der Waals surface area contributed by atoms with Crippen LogP contribution in [0.5, 0.6) is 0 Å². The van der Waals surface area contributed by atoms with E-state index in [1.54, 1.807) is 24.3 Å². The third kappa shape index (κ3) is 4.57. The van der Waals surface area contributed by atoms with E-state index >= 15 is 0 Å². The molecule has 0 saturated heterocycles. The number of aromatic amines is 1. The van der Waals surface area contributed by atoms with Crippen molar-refractivity contribution in [1.82, 2.24) is 15.4 Å². The van der Waals surface area contributed by atoms with Crippen molar-refractivity contribution < 1.29 is 27.8 Å². The number of alkyl halides is 4. The first-order chi connectivity index (χ1) is 13.1. The Bertz CT molecular complexity index is 943. The minimum absolute atomic E-state index is 0.180. The molecule has 28 heavy (non-hydrogen) atoms. The number of allylic oxidation sites excluding steroid dienone is 2. The maximum atomic E-state index is 12.6. The minimum Gasteiger partial charge on any atom is -0.476 e. The van der Waals surface area contributed by atoms with Crippen molar-refractivity contribution in [1.29, 1.82) is 0 Å². The first-order valence-electron chi connectivity index (χ1n) is 7.82. The number of ether oxygens (including phenoxy) is 1. The molecule has 11 heteroatoms. The molecule has 0 radical (unpaired) electrons. The molecular weight excluding hydrogens is 419 g/mol. The van der Waals surface area contributed by atoms with Gasteiger partial charge in [-0.1, -0.05) is 42.1 Å². The van der Waals surface area contributed by atoms with Crippen molar-refractivity contribution in [3.05, 3.63) is 53.8 Å². The summed E-state index contributed by atoms with van der Waals surface area (Å²) in [5.74, 6) is -1.19. The predicted octanol–water partition coefficient (Wildman–Crippen LogP) is 4.51. The number of hydrogen-bond donors (Lipinski definition) is 2. The first kappa shape index (κ1) is 20.4. The van der Waals surface area contributed by atoms with E-state index in [1.807, 2.05) is 0 Å². The molecule has 0 spiro atoms. The molecule has 2 aromatic rings. The topological polar surface area (TPSA) is 88.1 Å². The maximum absolute atomic E-state index is 12.6. The highest BCUT2D eigenvalue weighted by molar-refractivity contribution is 7.99. The van der Waals surface area contributed by atoms with E-state index in [0.717, 1.165) is 17.3 Å². The lowest BCUT2D eigenvalue weighted by Crippen LogP contribution is -2.42. The number of nitrogens with zero attached hydrogens (tertiary/aromatic N) is 2. The molecule has 6 nitrogen and oxygen atoms in total. The van der Waals surface area contributed by atoms with Gasteiger partial charge >= 0.3 is 12.3 Å². The molecule has 1 aromatic heterocycles. The Morgan fingerprint density at radius 1 is 1.32 bits per heavy atom. The van der Waals surface area contributed by atoms with Gasteiger partial charge in [-0.3, -0.25) is 4.74 Å². The van der Waals surface area contributed by atoms with Crippen molar-refractivity contribution in [3.8, 4) is 0 Å². The Morgan fingerprint density at radius 3 is 2.57 bits per heavy atom. The van der Waals surface area contributed by atoms with Gasteiger partial charge in [0, 0.05) is 4.90 Å². The Hall–Kier alpha value is -2.30. The molecule has 2 N–H and O–H groups in total. The monoisotopic (exact) mass is 431 g/mol.